The Morgan fingerprint density at radius 1 is 1.05 bits per heavy atom. The molecule has 3 nitrogen and oxygen atoms in total. The van der Waals surface area contributed by atoms with Crippen molar-refractivity contribution in [1.82, 2.24) is 0 Å². The van der Waals surface area contributed by atoms with E-state index in [1.54, 1.807) is 20.8 Å². The Labute approximate surface area is 134 Å². The molecule has 0 heterocycles. The van der Waals surface area contributed by atoms with Gasteiger partial charge < -0.3 is 5.32 Å². The molecule has 0 atom stereocenters. The van der Waals surface area contributed by atoms with Gasteiger partial charge in [0.25, 0.3) is 0 Å². The molecule has 114 valence electrons. The lowest BCUT2D eigenvalue weighted by atomic mass is 10.1. The fraction of sp³-hybridized carbons (Fsp3) is 0.375. The molecule has 0 bridgehead atoms. The third-order valence-corrected chi connectivity index (χ3v) is 6.79. The number of anilines is 1. The summed E-state index contributed by atoms with van der Waals surface area (Å²) in [5.41, 5.74) is 0.956. The Bertz CT molecular complexity index is 748. The van der Waals surface area contributed by atoms with Crippen molar-refractivity contribution in [1.29, 1.82) is 0 Å². The first kappa shape index (κ1) is 16.3. The van der Waals surface area contributed by atoms with E-state index < -0.39 is 14.6 Å². The maximum Gasteiger partial charge on any atom is 0.156 e. The normalized spacial score (nSPS) is 12.6. The largest absolute Gasteiger partial charge is 0.384 e. The van der Waals surface area contributed by atoms with E-state index in [1.807, 2.05) is 36.4 Å². The number of hydrogen-bond acceptors (Lipinski definition) is 3. The van der Waals surface area contributed by atoms with Gasteiger partial charge >= 0.3 is 0 Å². The van der Waals surface area contributed by atoms with Crippen molar-refractivity contribution in [2.75, 3.05) is 17.6 Å². The van der Waals surface area contributed by atoms with Crippen molar-refractivity contribution in [3.05, 3.63) is 40.9 Å². The zero-order valence-corrected chi connectivity index (χ0v) is 14.9. The quantitative estimate of drug-likeness (QED) is 0.876. The van der Waals surface area contributed by atoms with Crippen LogP contribution in [-0.2, 0) is 9.84 Å². The first-order valence-corrected chi connectivity index (χ1v) is 9.30. The Morgan fingerprint density at radius 2 is 1.67 bits per heavy atom. The number of halogens is 1. The van der Waals surface area contributed by atoms with Gasteiger partial charge in [0.1, 0.15) is 0 Å². The third kappa shape index (κ3) is 3.58. The number of benzene rings is 2. The molecule has 0 aliphatic carbocycles. The number of hydrogen-bond donors (Lipinski definition) is 1. The van der Waals surface area contributed by atoms with Crippen LogP contribution in [0, 0.1) is 0 Å². The van der Waals surface area contributed by atoms with Crippen molar-refractivity contribution >= 4 is 42.2 Å². The van der Waals surface area contributed by atoms with Gasteiger partial charge in [0.15, 0.2) is 9.84 Å². The van der Waals surface area contributed by atoms with Crippen molar-refractivity contribution in [2.45, 2.75) is 25.5 Å². The highest BCUT2D eigenvalue weighted by Crippen LogP contribution is 2.29. The molecule has 0 spiro atoms. The minimum Gasteiger partial charge on any atom is -0.384 e. The van der Waals surface area contributed by atoms with Gasteiger partial charge in [0.05, 0.1) is 10.5 Å². The second kappa shape index (κ2) is 5.97. The molecule has 0 fully saturated rings. The van der Waals surface area contributed by atoms with E-state index in [-0.39, 0.29) is 5.75 Å². The molecule has 0 saturated carbocycles. The van der Waals surface area contributed by atoms with Gasteiger partial charge in [-0.2, -0.15) is 0 Å². The fourth-order valence-corrected chi connectivity index (χ4v) is 3.50. The highest BCUT2D eigenvalue weighted by atomic mass is 79.9. The van der Waals surface area contributed by atoms with E-state index in [1.165, 1.54) is 0 Å². The van der Waals surface area contributed by atoms with Gasteiger partial charge in [0.2, 0.25) is 0 Å². The van der Waals surface area contributed by atoms with Crippen LogP contribution in [0.4, 0.5) is 5.69 Å². The van der Waals surface area contributed by atoms with Crippen LogP contribution in [0.25, 0.3) is 10.8 Å². The molecular formula is C16H20BrNO2S. The Kier molecular flexibility index (Phi) is 4.63. The van der Waals surface area contributed by atoms with E-state index in [2.05, 4.69) is 21.2 Å². The first-order valence-electron chi connectivity index (χ1n) is 6.86. The van der Waals surface area contributed by atoms with Gasteiger partial charge in [-0.05, 0) is 38.3 Å². The second-order valence-corrected chi connectivity index (χ2v) is 9.72. The van der Waals surface area contributed by atoms with Crippen LogP contribution in [0.15, 0.2) is 40.9 Å². The smallest absolute Gasteiger partial charge is 0.156 e. The molecule has 0 amide bonds. The minimum absolute atomic E-state index is 0.126. The maximum absolute atomic E-state index is 12.1. The molecule has 2 aromatic carbocycles. The standard InChI is InChI=1S/C16H20BrNO2S/c1-16(2,3)21(19,20)11-10-18-15-9-8-14(17)12-6-4-5-7-13(12)15/h4-9,18H,10-11H2,1-3H3. The third-order valence-electron chi connectivity index (χ3n) is 3.49. The summed E-state index contributed by atoms with van der Waals surface area (Å²) in [6.07, 6.45) is 0. The zero-order valence-electron chi connectivity index (χ0n) is 12.5. The lowest BCUT2D eigenvalue weighted by Gasteiger charge is -2.19. The summed E-state index contributed by atoms with van der Waals surface area (Å²) in [6.45, 7) is 5.61. The Balaban J connectivity index is 2.17. The maximum atomic E-state index is 12.1. The van der Waals surface area contributed by atoms with Gasteiger partial charge in [-0.25, -0.2) is 8.42 Å². The van der Waals surface area contributed by atoms with E-state index in [4.69, 9.17) is 0 Å². The van der Waals surface area contributed by atoms with Crippen molar-refractivity contribution in [3.8, 4) is 0 Å². The average molecular weight is 370 g/mol. The molecule has 0 radical (unpaired) electrons. The van der Waals surface area contributed by atoms with Crippen molar-refractivity contribution in [2.24, 2.45) is 0 Å². The lowest BCUT2D eigenvalue weighted by Crippen LogP contribution is -2.32. The molecule has 0 aliphatic rings. The predicted molar refractivity (Wildman–Crippen MR) is 93.7 cm³/mol. The highest BCUT2D eigenvalue weighted by molar-refractivity contribution is 9.10. The van der Waals surface area contributed by atoms with Crippen LogP contribution in [-0.4, -0.2) is 25.5 Å². The van der Waals surface area contributed by atoms with Crippen molar-refractivity contribution in [3.63, 3.8) is 0 Å². The van der Waals surface area contributed by atoms with Crippen LogP contribution in [0.2, 0.25) is 0 Å². The topological polar surface area (TPSA) is 46.2 Å². The summed E-state index contributed by atoms with van der Waals surface area (Å²) in [4.78, 5) is 0. The van der Waals surface area contributed by atoms with Crippen LogP contribution >= 0.6 is 15.9 Å². The molecular weight excluding hydrogens is 350 g/mol. The number of nitrogens with one attached hydrogen (secondary N) is 1. The molecule has 21 heavy (non-hydrogen) atoms. The van der Waals surface area contributed by atoms with Gasteiger partial charge in [-0.1, -0.05) is 40.2 Å². The molecule has 2 rings (SSSR count). The molecule has 1 N–H and O–H groups in total. The first-order chi connectivity index (χ1) is 9.72. The average Bonchev–Trinajstić information content (AvgIpc) is 2.40. The molecule has 0 saturated heterocycles. The monoisotopic (exact) mass is 369 g/mol. The SMILES string of the molecule is CC(C)(C)S(=O)(=O)CCNc1ccc(Br)c2ccccc12. The van der Waals surface area contributed by atoms with Crippen LogP contribution in [0.3, 0.4) is 0 Å². The van der Waals surface area contributed by atoms with Crippen LogP contribution in [0.5, 0.6) is 0 Å². The van der Waals surface area contributed by atoms with Crippen LogP contribution < -0.4 is 5.32 Å². The van der Waals surface area contributed by atoms with E-state index in [0.29, 0.717) is 6.54 Å². The summed E-state index contributed by atoms with van der Waals surface area (Å²) in [7, 11) is -3.10. The summed E-state index contributed by atoms with van der Waals surface area (Å²) >= 11 is 3.53. The number of fused-ring (bicyclic) bond motifs is 1. The fourth-order valence-electron chi connectivity index (χ4n) is 2.04. The Hall–Kier alpha value is -1.07. The molecule has 5 heteroatoms. The predicted octanol–water partition coefficient (Wildman–Crippen LogP) is 4.23. The van der Waals surface area contributed by atoms with Crippen LogP contribution in [0.1, 0.15) is 20.8 Å². The van der Waals surface area contributed by atoms with E-state index in [9.17, 15) is 8.42 Å². The van der Waals surface area contributed by atoms with Gasteiger partial charge in [-0.15, -0.1) is 0 Å². The zero-order chi connectivity index (χ0) is 15.7. The second-order valence-electron chi connectivity index (χ2n) is 6.00. The lowest BCUT2D eigenvalue weighted by molar-refractivity contribution is 0.560. The summed E-state index contributed by atoms with van der Waals surface area (Å²) in [5.74, 6) is 0.126. The van der Waals surface area contributed by atoms with E-state index >= 15 is 0 Å². The number of rotatable bonds is 4. The van der Waals surface area contributed by atoms with Crippen molar-refractivity contribution < 1.29 is 8.42 Å². The number of sulfone groups is 1. The molecule has 0 aliphatic heterocycles. The Morgan fingerprint density at radius 3 is 2.29 bits per heavy atom. The van der Waals surface area contributed by atoms with E-state index in [0.717, 1.165) is 20.9 Å². The van der Waals surface area contributed by atoms with Gasteiger partial charge in [0, 0.05) is 22.1 Å². The molecule has 0 unspecified atom stereocenters. The summed E-state index contributed by atoms with van der Waals surface area (Å²) in [6, 6.07) is 12.0. The highest BCUT2D eigenvalue weighted by Gasteiger charge is 2.28. The molecule has 0 aromatic heterocycles. The summed E-state index contributed by atoms with van der Waals surface area (Å²) < 4.78 is 24.5. The minimum atomic E-state index is -3.10. The molecule has 2 aromatic rings. The summed E-state index contributed by atoms with van der Waals surface area (Å²) in [5, 5.41) is 5.44. The van der Waals surface area contributed by atoms with Gasteiger partial charge in [-0.3, -0.25) is 0 Å².